The van der Waals surface area contributed by atoms with Crippen LogP contribution in [0.4, 0.5) is 0 Å². The van der Waals surface area contributed by atoms with E-state index in [1.54, 1.807) is 0 Å². The quantitative estimate of drug-likeness (QED) is 0.0195. The molecule has 0 saturated heterocycles. The molecule has 462 valence electrons. The number of rotatable bonds is 60. The molecule has 0 radical (unpaired) electrons. The molecular formula is C70H124NO8P. The molecule has 0 spiro atoms. The van der Waals surface area contributed by atoms with Crippen molar-refractivity contribution in [3.63, 3.8) is 0 Å². The van der Waals surface area contributed by atoms with Crippen molar-refractivity contribution in [1.29, 1.82) is 0 Å². The number of nitrogens with zero attached hydrogens (tertiary/aromatic N) is 1. The molecule has 10 heteroatoms. The Balaban J connectivity index is 3.97. The lowest BCUT2D eigenvalue weighted by Crippen LogP contribution is -2.37. The first-order valence-electron chi connectivity index (χ1n) is 32.9. The fourth-order valence-electron chi connectivity index (χ4n) is 9.04. The van der Waals surface area contributed by atoms with Crippen LogP contribution in [0.3, 0.4) is 0 Å². The van der Waals surface area contributed by atoms with Crippen molar-refractivity contribution in [2.75, 3.05) is 47.5 Å². The first kappa shape index (κ1) is 76.9. The molecule has 2 unspecified atom stereocenters. The number of likely N-dealkylation sites (N-methyl/N-ethyl adjacent to an activating group) is 1. The minimum Gasteiger partial charge on any atom is -0.756 e. The minimum absolute atomic E-state index is 0.0337. The Bertz CT molecular complexity index is 1670. The van der Waals surface area contributed by atoms with Crippen LogP contribution < -0.4 is 4.89 Å². The van der Waals surface area contributed by atoms with Gasteiger partial charge in [-0.25, -0.2) is 0 Å². The van der Waals surface area contributed by atoms with Gasteiger partial charge in [-0.1, -0.05) is 272 Å². The molecule has 0 heterocycles. The summed E-state index contributed by atoms with van der Waals surface area (Å²) in [6, 6.07) is 0. The molecule has 9 nitrogen and oxygen atoms in total. The van der Waals surface area contributed by atoms with Crippen molar-refractivity contribution >= 4 is 19.8 Å². The Kier molecular flexibility index (Phi) is 58.2. The van der Waals surface area contributed by atoms with Crippen LogP contribution in [-0.2, 0) is 32.7 Å². The Morgan fingerprint density at radius 3 is 1.06 bits per heavy atom. The maximum atomic E-state index is 12.8. The summed E-state index contributed by atoms with van der Waals surface area (Å²) in [5.41, 5.74) is 0. The van der Waals surface area contributed by atoms with E-state index < -0.39 is 26.5 Å². The van der Waals surface area contributed by atoms with E-state index >= 15 is 0 Å². The summed E-state index contributed by atoms with van der Waals surface area (Å²) in [6.45, 7) is 4.11. The maximum Gasteiger partial charge on any atom is 0.306 e. The Morgan fingerprint density at radius 2 is 0.713 bits per heavy atom. The van der Waals surface area contributed by atoms with Gasteiger partial charge in [0.05, 0.1) is 27.7 Å². The molecule has 0 aliphatic carbocycles. The number of hydrogen-bond acceptors (Lipinski definition) is 8. The van der Waals surface area contributed by atoms with Crippen LogP contribution in [0, 0.1) is 0 Å². The monoisotopic (exact) mass is 1140 g/mol. The molecule has 0 aromatic carbocycles. The van der Waals surface area contributed by atoms with Gasteiger partial charge in [0.15, 0.2) is 6.10 Å². The van der Waals surface area contributed by atoms with Gasteiger partial charge in [-0.3, -0.25) is 14.2 Å². The van der Waals surface area contributed by atoms with Gasteiger partial charge in [0.1, 0.15) is 19.8 Å². The van der Waals surface area contributed by atoms with E-state index in [0.29, 0.717) is 17.4 Å². The number of carbonyl (C=O) groups is 2. The van der Waals surface area contributed by atoms with Crippen LogP contribution in [0.2, 0.25) is 0 Å². The number of carbonyl (C=O) groups excluding carboxylic acids is 2. The zero-order valence-corrected chi connectivity index (χ0v) is 53.4. The molecule has 0 N–H and O–H groups in total. The first-order valence-corrected chi connectivity index (χ1v) is 34.4. The highest BCUT2D eigenvalue weighted by Crippen LogP contribution is 2.38. The highest BCUT2D eigenvalue weighted by atomic mass is 31.2. The van der Waals surface area contributed by atoms with E-state index in [-0.39, 0.29) is 32.0 Å². The van der Waals surface area contributed by atoms with Crippen molar-refractivity contribution < 1.29 is 42.1 Å². The summed E-state index contributed by atoms with van der Waals surface area (Å²) >= 11 is 0. The van der Waals surface area contributed by atoms with Gasteiger partial charge in [0, 0.05) is 12.8 Å². The molecule has 0 saturated carbocycles. The minimum atomic E-state index is -4.64. The summed E-state index contributed by atoms with van der Waals surface area (Å²) in [7, 11) is 1.16. The summed E-state index contributed by atoms with van der Waals surface area (Å²) < 4.78 is 34.2. The third kappa shape index (κ3) is 64.1. The van der Waals surface area contributed by atoms with Gasteiger partial charge in [-0.05, 0) is 96.3 Å². The van der Waals surface area contributed by atoms with Crippen LogP contribution in [0.15, 0.2) is 97.2 Å². The number of allylic oxidation sites excluding steroid dienone is 16. The smallest absolute Gasteiger partial charge is 0.306 e. The third-order valence-corrected chi connectivity index (χ3v) is 15.1. The number of ether oxygens (including phenoxy) is 2. The second-order valence-electron chi connectivity index (χ2n) is 23.1. The van der Waals surface area contributed by atoms with E-state index in [4.69, 9.17) is 18.5 Å². The molecule has 0 bridgehead atoms. The number of phosphoric ester groups is 1. The average molecular weight is 1140 g/mol. The third-order valence-electron chi connectivity index (χ3n) is 14.1. The summed E-state index contributed by atoms with van der Waals surface area (Å²) in [6.07, 6.45) is 83.4. The lowest BCUT2D eigenvalue weighted by molar-refractivity contribution is -0.870. The van der Waals surface area contributed by atoms with Crippen LogP contribution in [0.5, 0.6) is 0 Å². The Labute approximate surface area is 493 Å². The molecular weight excluding hydrogens is 1010 g/mol. The summed E-state index contributed by atoms with van der Waals surface area (Å²) in [4.78, 5) is 37.9. The fraction of sp³-hybridized carbons (Fsp3) is 0.743. The van der Waals surface area contributed by atoms with Crippen molar-refractivity contribution in [3.8, 4) is 0 Å². The predicted molar refractivity (Wildman–Crippen MR) is 342 cm³/mol. The lowest BCUT2D eigenvalue weighted by atomic mass is 10.0. The molecule has 0 amide bonds. The number of unbranched alkanes of at least 4 members (excludes halogenated alkanes) is 30. The standard InChI is InChI=1S/C70H124NO8P/c1-6-8-10-12-14-16-18-20-22-24-25-26-27-28-29-30-31-32-33-34-35-36-37-38-39-40-41-42-43-44-45-47-49-51-53-55-57-59-61-63-70(73)79-68(67-78-80(74,75)77-65-64-71(3,4)5)66-76-69(72)62-60-58-56-54-52-50-48-46-23-21-19-17-15-13-11-9-7-2/h8,10,14-17,20-23,25-26,28-29,31-32,68H,6-7,9,11-13,18-19,24,27,30,33-67H2,1-5H3/b10-8-,16-14-,17-15-,22-20-,23-21-,26-25-,29-28-,32-31-. The largest absolute Gasteiger partial charge is 0.756 e. The van der Waals surface area contributed by atoms with Gasteiger partial charge < -0.3 is 27.9 Å². The topological polar surface area (TPSA) is 111 Å². The highest BCUT2D eigenvalue weighted by Gasteiger charge is 2.22. The molecule has 2 atom stereocenters. The van der Waals surface area contributed by atoms with Crippen molar-refractivity contribution in [3.05, 3.63) is 97.2 Å². The SMILES string of the molecule is CC/C=C\C/C=C\C/C=C\C/C=C\C/C=C\C/C=C\CCCCCCCCCCCCCCCCCCCCCCC(=O)OC(COC(=O)CCCCCCCCC/C=C\C/C=C\CCCCC)COP(=O)([O-])OCC[N+](C)(C)C. The highest BCUT2D eigenvalue weighted by molar-refractivity contribution is 7.45. The number of hydrogen-bond donors (Lipinski definition) is 0. The van der Waals surface area contributed by atoms with E-state index in [9.17, 15) is 19.0 Å². The molecule has 0 rings (SSSR count). The van der Waals surface area contributed by atoms with Crippen molar-refractivity contribution in [2.45, 2.75) is 290 Å². The van der Waals surface area contributed by atoms with E-state index in [2.05, 4.69) is 111 Å². The predicted octanol–water partition coefficient (Wildman–Crippen LogP) is 20.5. The van der Waals surface area contributed by atoms with Gasteiger partial charge in [-0.15, -0.1) is 0 Å². The molecule has 0 aromatic rings. The lowest BCUT2D eigenvalue weighted by Gasteiger charge is -2.28. The van der Waals surface area contributed by atoms with Gasteiger partial charge in [0.25, 0.3) is 7.82 Å². The molecule has 0 aromatic heterocycles. The average Bonchev–Trinajstić information content (AvgIpc) is 3.42. The van der Waals surface area contributed by atoms with Gasteiger partial charge in [-0.2, -0.15) is 0 Å². The second kappa shape index (κ2) is 60.5. The molecule has 80 heavy (non-hydrogen) atoms. The molecule has 0 aliphatic heterocycles. The number of phosphoric acid groups is 1. The van der Waals surface area contributed by atoms with Crippen LogP contribution in [-0.4, -0.2) is 70.0 Å². The molecule has 0 fully saturated rings. The summed E-state index contributed by atoms with van der Waals surface area (Å²) in [5.74, 6) is -0.836. The molecule has 0 aliphatic rings. The first-order chi connectivity index (χ1) is 39.0. The van der Waals surface area contributed by atoms with Gasteiger partial charge in [0.2, 0.25) is 0 Å². The maximum absolute atomic E-state index is 12.8. The Morgan fingerprint density at radius 1 is 0.400 bits per heavy atom. The zero-order valence-electron chi connectivity index (χ0n) is 52.5. The second-order valence-corrected chi connectivity index (χ2v) is 24.5. The summed E-state index contributed by atoms with van der Waals surface area (Å²) in [5, 5.41) is 0. The van der Waals surface area contributed by atoms with Crippen LogP contribution in [0.25, 0.3) is 0 Å². The van der Waals surface area contributed by atoms with Crippen LogP contribution >= 0.6 is 7.82 Å². The van der Waals surface area contributed by atoms with Gasteiger partial charge >= 0.3 is 11.9 Å². The van der Waals surface area contributed by atoms with Crippen molar-refractivity contribution in [2.24, 2.45) is 0 Å². The number of esters is 2. The normalized spacial score (nSPS) is 13.8. The Hall–Kier alpha value is -3.07. The van der Waals surface area contributed by atoms with Crippen molar-refractivity contribution in [1.82, 2.24) is 0 Å². The van der Waals surface area contributed by atoms with E-state index in [1.807, 2.05) is 21.1 Å². The van der Waals surface area contributed by atoms with Crippen LogP contribution in [0.1, 0.15) is 284 Å². The zero-order chi connectivity index (χ0) is 58.4. The van der Waals surface area contributed by atoms with E-state index in [1.165, 1.54) is 154 Å². The van der Waals surface area contributed by atoms with E-state index in [0.717, 1.165) is 96.3 Å². The number of quaternary nitrogens is 1. The fourth-order valence-corrected chi connectivity index (χ4v) is 9.77.